The van der Waals surface area contributed by atoms with Crippen LogP contribution in [0.4, 0.5) is 0 Å². The average Bonchev–Trinajstić information content (AvgIpc) is 2.51. The Morgan fingerprint density at radius 2 is 1.33 bits per heavy atom. The number of carbonyl (C=O) groups is 1. The van der Waals surface area contributed by atoms with Crippen molar-refractivity contribution in [3.63, 3.8) is 0 Å². The lowest BCUT2D eigenvalue weighted by molar-refractivity contribution is 0.0941. The van der Waals surface area contributed by atoms with Crippen LogP contribution in [0.25, 0.3) is 32.3 Å². The third kappa shape index (κ3) is 1.67. The molecule has 4 aromatic rings. The van der Waals surface area contributed by atoms with Crippen LogP contribution < -0.4 is 0 Å². The van der Waals surface area contributed by atoms with E-state index in [-0.39, 0.29) is 11.7 Å². The van der Waals surface area contributed by atoms with Gasteiger partial charge in [-0.15, -0.1) is 0 Å². The molecule has 0 radical (unpaired) electrons. The van der Waals surface area contributed by atoms with Crippen molar-refractivity contribution in [3.05, 3.63) is 60.2 Å². The first-order chi connectivity index (χ1) is 10.2. The van der Waals surface area contributed by atoms with Gasteiger partial charge >= 0.3 is 0 Å². The molecule has 0 heterocycles. The summed E-state index contributed by atoms with van der Waals surface area (Å²) in [6.07, 6.45) is 0. The van der Waals surface area contributed by atoms with Crippen molar-refractivity contribution >= 4 is 38.1 Å². The molecule has 0 saturated heterocycles. The van der Waals surface area contributed by atoms with Crippen molar-refractivity contribution < 1.29 is 4.79 Å². The Kier molecular flexibility index (Phi) is 2.52. The van der Waals surface area contributed by atoms with Gasteiger partial charge in [0.25, 0.3) is 0 Å². The van der Waals surface area contributed by atoms with Gasteiger partial charge in [0.15, 0.2) is 5.78 Å². The first-order valence-corrected chi connectivity index (χ1v) is 7.37. The van der Waals surface area contributed by atoms with E-state index in [1.54, 1.807) is 0 Å². The molecule has 0 atom stereocenters. The molecular formula is C20H16O. The summed E-state index contributed by atoms with van der Waals surface area (Å²) in [6, 6.07) is 18.9. The Morgan fingerprint density at radius 3 is 2.00 bits per heavy atom. The van der Waals surface area contributed by atoms with E-state index in [2.05, 4.69) is 48.5 Å². The molecular weight excluding hydrogens is 256 g/mol. The van der Waals surface area contributed by atoms with Gasteiger partial charge in [-0.1, -0.05) is 68.4 Å². The Labute approximate surface area is 123 Å². The summed E-state index contributed by atoms with van der Waals surface area (Å²) in [5.74, 6) is 0.233. The number of hydrogen-bond donors (Lipinski definition) is 0. The topological polar surface area (TPSA) is 17.1 Å². The Balaban J connectivity index is 2.23. The minimum atomic E-state index is 0.0171. The van der Waals surface area contributed by atoms with E-state index in [9.17, 15) is 4.79 Å². The van der Waals surface area contributed by atoms with Crippen LogP contribution in [0.15, 0.2) is 54.6 Å². The highest BCUT2D eigenvalue weighted by Crippen LogP contribution is 2.36. The standard InChI is InChI=1S/C20H16O/c1-12(2)20(21)17-11-9-15-7-6-13-4-3-5-14-8-10-16(17)19(15)18(13)14/h3-12H,1-2H3. The van der Waals surface area contributed by atoms with E-state index in [0.717, 1.165) is 10.9 Å². The third-order valence-electron chi connectivity index (χ3n) is 4.32. The van der Waals surface area contributed by atoms with Crippen LogP contribution in [-0.4, -0.2) is 5.78 Å². The van der Waals surface area contributed by atoms with Gasteiger partial charge in [0, 0.05) is 11.5 Å². The summed E-state index contributed by atoms with van der Waals surface area (Å²) in [7, 11) is 0. The summed E-state index contributed by atoms with van der Waals surface area (Å²) in [5, 5.41) is 7.24. The molecule has 0 aromatic heterocycles. The highest BCUT2D eigenvalue weighted by molar-refractivity contribution is 6.26. The maximum absolute atomic E-state index is 12.5. The summed E-state index contributed by atoms with van der Waals surface area (Å²) in [4.78, 5) is 12.5. The van der Waals surface area contributed by atoms with Crippen LogP contribution in [0, 0.1) is 5.92 Å². The Hall–Kier alpha value is -2.41. The molecule has 0 amide bonds. The fourth-order valence-corrected chi connectivity index (χ4v) is 3.26. The zero-order chi connectivity index (χ0) is 14.6. The molecule has 0 bridgehead atoms. The maximum Gasteiger partial charge on any atom is 0.166 e. The fourth-order valence-electron chi connectivity index (χ4n) is 3.26. The van der Waals surface area contributed by atoms with Crippen molar-refractivity contribution in [2.45, 2.75) is 13.8 Å². The van der Waals surface area contributed by atoms with Crippen LogP contribution in [0.5, 0.6) is 0 Å². The smallest absolute Gasteiger partial charge is 0.166 e. The van der Waals surface area contributed by atoms with Gasteiger partial charge < -0.3 is 0 Å². The molecule has 0 spiro atoms. The number of Topliss-reactive ketones (excluding diaryl/α,β-unsaturated/α-hetero) is 1. The summed E-state index contributed by atoms with van der Waals surface area (Å²) in [6.45, 7) is 3.92. The summed E-state index contributed by atoms with van der Waals surface area (Å²) in [5.41, 5.74) is 0.843. The van der Waals surface area contributed by atoms with E-state index >= 15 is 0 Å². The number of hydrogen-bond acceptors (Lipinski definition) is 1. The molecule has 0 N–H and O–H groups in total. The highest BCUT2D eigenvalue weighted by Gasteiger charge is 2.16. The predicted molar refractivity (Wildman–Crippen MR) is 89.3 cm³/mol. The van der Waals surface area contributed by atoms with Crippen molar-refractivity contribution in [1.29, 1.82) is 0 Å². The van der Waals surface area contributed by atoms with Crippen molar-refractivity contribution in [2.24, 2.45) is 5.92 Å². The fraction of sp³-hybridized carbons (Fsp3) is 0.150. The quantitative estimate of drug-likeness (QED) is 0.351. The van der Waals surface area contributed by atoms with Crippen LogP contribution in [-0.2, 0) is 0 Å². The molecule has 0 aliphatic carbocycles. The molecule has 1 heteroatoms. The number of ketones is 1. The minimum absolute atomic E-state index is 0.0171. The Bertz CT molecular complexity index is 963. The SMILES string of the molecule is CC(C)C(=O)c1ccc2ccc3cccc4ccc1c2c34. The van der Waals surface area contributed by atoms with E-state index in [1.807, 2.05) is 19.9 Å². The lowest BCUT2D eigenvalue weighted by atomic mass is 9.89. The number of benzene rings is 4. The molecule has 4 rings (SSSR count). The van der Waals surface area contributed by atoms with E-state index in [1.165, 1.54) is 26.9 Å². The molecule has 0 aliphatic rings. The Morgan fingerprint density at radius 1 is 0.762 bits per heavy atom. The van der Waals surface area contributed by atoms with Gasteiger partial charge in [0.1, 0.15) is 0 Å². The molecule has 1 nitrogen and oxygen atoms in total. The number of rotatable bonds is 2. The van der Waals surface area contributed by atoms with E-state index in [4.69, 9.17) is 0 Å². The lowest BCUT2D eigenvalue weighted by Crippen LogP contribution is -2.08. The van der Waals surface area contributed by atoms with E-state index < -0.39 is 0 Å². The predicted octanol–water partition coefficient (Wildman–Crippen LogP) is 5.42. The van der Waals surface area contributed by atoms with Crippen molar-refractivity contribution in [2.75, 3.05) is 0 Å². The van der Waals surface area contributed by atoms with Crippen LogP contribution in [0.2, 0.25) is 0 Å². The second kappa shape index (κ2) is 4.29. The zero-order valence-corrected chi connectivity index (χ0v) is 12.2. The van der Waals surface area contributed by atoms with Crippen molar-refractivity contribution in [3.8, 4) is 0 Å². The van der Waals surface area contributed by atoms with Crippen LogP contribution in [0.3, 0.4) is 0 Å². The second-order valence-electron chi connectivity index (χ2n) is 5.99. The molecule has 4 aromatic carbocycles. The lowest BCUT2D eigenvalue weighted by Gasteiger charge is -2.14. The van der Waals surface area contributed by atoms with Gasteiger partial charge in [-0.05, 0) is 32.3 Å². The van der Waals surface area contributed by atoms with Gasteiger partial charge in [-0.2, -0.15) is 0 Å². The van der Waals surface area contributed by atoms with Gasteiger partial charge in [-0.25, -0.2) is 0 Å². The minimum Gasteiger partial charge on any atom is -0.294 e. The van der Waals surface area contributed by atoms with Crippen LogP contribution in [0.1, 0.15) is 24.2 Å². The molecule has 0 saturated carbocycles. The number of carbonyl (C=O) groups excluding carboxylic acids is 1. The first-order valence-electron chi connectivity index (χ1n) is 7.37. The largest absolute Gasteiger partial charge is 0.294 e. The second-order valence-corrected chi connectivity index (χ2v) is 5.99. The molecule has 0 unspecified atom stereocenters. The van der Waals surface area contributed by atoms with Crippen molar-refractivity contribution in [1.82, 2.24) is 0 Å². The van der Waals surface area contributed by atoms with Gasteiger partial charge in [0.05, 0.1) is 0 Å². The zero-order valence-electron chi connectivity index (χ0n) is 12.2. The highest BCUT2D eigenvalue weighted by atomic mass is 16.1. The first kappa shape index (κ1) is 12.3. The molecule has 102 valence electrons. The van der Waals surface area contributed by atoms with Gasteiger partial charge in [0.2, 0.25) is 0 Å². The van der Waals surface area contributed by atoms with Gasteiger partial charge in [-0.3, -0.25) is 4.79 Å². The van der Waals surface area contributed by atoms with Crippen LogP contribution >= 0.6 is 0 Å². The summed E-state index contributed by atoms with van der Waals surface area (Å²) < 4.78 is 0. The third-order valence-corrected chi connectivity index (χ3v) is 4.32. The van der Waals surface area contributed by atoms with E-state index in [0.29, 0.717) is 0 Å². The monoisotopic (exact) mass is 272 g/mol. The molecule has 21 heavy (non-hydrogen) atoms. The molecule has 0 aliphatic heterocycles. The molecule has 0 fully saturated rings. The average molecular weight is 272 g/mol. The maximum atomic E-state index is 12.5. The normalized spacial score (nSPS) is 12.0. The summed E-state index contributed by atoms with van der Waals surface area (Å²) >= 11 is 0.